The van der Waals surface area contributed by atoms with Gasteiger partial charge in [-0.2, -0.15) is 5.10 Å². The van der Waals surface area contributed by atoms with Crippen molar-refractivity contribution in [2.24, 2.45) is 5.10 Å². The van der Waals surface area contributed by atoms with Gasteiger partial charge in [0.1, 0.15) is 18.1 Å². The number of hydrogen-bond acceptors (Lipinski definition) is 4. The third-order valence-corrected chi connectivity index (χ3v) is 4.39. The Hall–Kier alpha value is -3.12. The molecule has 6 heteroatoms. The minimum absolute atomic E-state index is 0.358. The summed E-state index contributed by atoms with van der Waals surface area (Å²) < 4.78 is 11.8. The molecule has 0 saturated heterocycles. The first-order valence-corrected chi connectivity index (χ1v) is 9.39. The van der Waals surface area contributed by atoms with Crippen molar-refractivity contribution in [3.63, 3.8) is 0 Å². The SMILES string of the molecule is COc1cccc(C=NNC(=O)c2cc(Br)ccc2OCc2ccccc2)c1. The summed E-state index contributed by atoms with van der Waals surface area (Å²) in [6, 6.07) is 22.5. The van der Waals surface area contributed by atoms with Crippen LogP contribution in [0.5, 0.6) is 11.5 Å². The van der Waals surface area contributed by atoms with E-state index in [4.69, 9.17) is 9.47 Å². The highest BCUT2D eigenvalue weighted by Gasteiger charge is 2.13. The molecule has 0 atom stereocenters. The Labute approximate surface area is 172 Å². The van der Waals surface area contributed by atoms with E-state index < -0.39 is 0 Å². The number of halogens is 1. The Morgan fingerprint density at radius 3 is 2.68 bits per heavy atom. The molecule has 3 rings (SSSR count). The molecule has 3 aromatic carbocycles. The predicted molar refractivity (Wildman–Crippen MR) is 113 cm³/mol. The van der Waals surface area contributed by atoms with Crippen molar-refractivity contribution in [2.75, 3.05) is 7.11 Å². The third-order valence-electron chi connectivity index (χ3n) is 3.90. The van der Waals surface area contributed by atoms with Crippen molar-refractivity contribution in [3.05, 3.63) is 94.0 Å². The number of hydrogen-bond donors (Lipinski definition) is 1. The molecular formula is C22H19BrN2O3. The Kier molecular flexibility index (Phi) is 6.81. The van der Waals surface area contributed by atoms with Gasteiger partial charge in [0.2, 0.25) is 0 Å². The number of carbonyl (C=O) groups is 1. The molecule has 0 aliphatic carbocycles. The standard InChI is InChI=1S/C22H19BrN2O3/c1-27-19-9-5-8-17(12-19)14-24-25-22(26)20-13-18(23)10-11-21(20)28-15-16-6-3-2-4-7-16/h2-14H,15H2,1H3,(H,25,26). The lowest BCUT2D eigenvalue weighted by Gasteiger charge is -2.11. The lowest BCUT2D eigenvalue weighted by molar-refractivity contribution is 0.0950. The average Bonchev–Trinajstić information content (AvgIpc) is 2.73. The number of nitrogens with one attached hydrogen (secondary N) is 1. The van der Waals surface area contributed by atoms with E-state index in [0.29, 0.717) is 17.9 Å². The molecule has 0 aromatic heterocycles. The van der Waals surface area contributed by atoms with E-state index in [1.165, 1.54) is 0 Å². The van der Waals surface area contributed by atoms with Gasteiger partial charge in [-0.05, 0) is 41.5 Å². The summed E-state index contributed by atoms with van der Waals surface area (Å²) in [7, 11) is 1.60. The van der Waals surface area contributed by atoms with E-state index in [1.807, 2.05) is 60.7 Å². The van der Waals surface area contributed by atoms with E-state index in [0.717, 1.165) is 21.3 Å². The van der Waals surface area contributed by atoms with Crippen LogP contribution in [0.2, 0.25) is 0 Å². The molecule has 0 unspecified atom stereocenters. The van der Waals surface area contributed by atoms with Crippen LogP contribution >= 0.6 is 15.9 Å². The molecule has 28 heavy (non-hydrogen) atoms. The second-order valence-corrected chi connectivity index (χ2v) is 6.81. The first-order valence-electron chi connectivity index (χ1n) is 8.59. The maximum Gasteiger partial charge on any atom is 0.275 e. The highest BCUT2D eigenvalue weighted by atomic mass is 79.9. The van der Waals surface area contributed by atoms with Crippen molar-refractivity contribution >= 4 is 28.1 Å². The van der Waals surface area contributed by atoms with Crippen LogP contribution in [0, 0.1) is 0 Å². The molecular weight excluding hydrogens is 420 g/mol. The number of benzene rings is 3. The lowest BCUT2D eigenvalue weighted by atomic mass is 10.2. The quantitative estimate of drug-likeness (QED) is 0.425. The topological polar surface area (TPSA) is 59.9 Å². The largest absolute Gasteiger partial charge is 0.497 e. The summed E-state index contributed by atoms with van der Waals surface area (Å²) >= 11 is 3.39. The summed E-state index contributed by atoms with van der Waals surface area (Å²) in [4.78, 5) is 12.6. The Bertz CT molecular complexity index is 975. The molecule has 3 aromatic rings. The molecule has 0 bridgehead atoms. The molecule has 0 spiro atoms. The van der Waals surface area contributed by atoms with Gasteiger partial charge in [-0.25, -0.2) is 5.43 Å². The van der Waals surface area contributed by atoms with Crippen LogP contribution in [0.3, 0.4) is 0 Å². The third kappa shape index (κ3) is 5.44. The number of carbonyl (C=O) groups excluding carboxylic acids is 1. The number of rotatable bonds is 7. The van der Waals surface area contributed by atoms with Gasteiger partial charge in [0.15, 0.2) is 0 Å². The Balaban J connectivity index is 1.69. The minimum atomic E-state index is -0.358. The normalized spacial score (nSPS) is 10.6. The maximum absolute atomic E-state index is 12.6. The first kappa shape index (κ1) is 19.6. The van der Waals surface area contributed by atoms with Gasteiger partial charge in [0.25, 0.3) is 5.91 Å². The lowest BCUT2D eigenvalue weighted by Crippen LogP contribution is -2.18. The Morgan fingerprint density at radius 2 is 1.89 bits per heavy atom. The molecule has 5 nitrogen and oxygen atoms in total. The van der Waals surface area contributed by atoms with Crippen molar-refractivity contribution in [1.82, 2.24) is 5.43 Å². The maximum atomic E-state index is 12.6. The van der Waals surface area contributed by atoms with E-state index in [2.05, 4.69) is 26.5 Å². The van der Waals surface area contributed by atoms with E-state index >= 15 is 0 Å². The highest BCUT2D eigenvalue weighted by Crippen LogP contribution is 2.24. The fraction of sp³-hybridized carbons (Fsp3) is 0.0909. The predicted octanol–water partition coefficient (Wildman–Crippen LogP) is 4.80. The second-order valence-electron chi connectivity index (χ2n) is 5.89. The van der Waals surface area contributed by atoms with Gasteiger partial charge in [-0.15, -0.1) is 0 Å². The summed E-state index contributed by atoms with van der Waals surface area (Å²) in [5.41, 5.74) is 4.77. The van der Waals surface area contributed by atoms with Gasteiger partial charge in [0, 0.05) is 4.47 Å². The van der Waals surface area contributed by atoms with Gasteiger partial charge in [-0.1, -0.05) is 58.4 Å². The number of nitrogens with zero attached hydrogens (tertiary/aromatic N) is 1. The number of hydrazone groups is 1. The molecule has 0 saturated carbocycles. The highest BCUT2D eigenvalue weighted by molar-refractivity contribution is 9.10. The second kappa shape index (κ2) is 9.71. The number of ether oxygens (including phenoxy) is 2. The van der Waals surface area contributed by atoms with Crippen LogP contribution < -0.4 is 14.9 Å². The Morgan fingerprint density at radius 1 is 1.07 bits per heavy atom. The summed E-state index contributed by atoms with van der Waals surface area (Å²) in [6.45, 7) is 0.371. The zero-order chi connectivity index (χ0) is 19.8. The van der Waals surface area contributed by atoms with Crippen molar-refractivity contribution in [3.8, 4) is 11.5 Å². The van der Waals surface area contributed by atoms with Crippen LogP contribution in [0.1, 0.15) is 21.5 Å². The average molecular weight is 439 g/mol. The van der Waals surface area contributed by atoms with E-state index in [1.54, 1.807) is 25.5 Å². The summed E-state index contributed by atoms with van der Waals surface area (Å²) in [5, 5.41) is 4.03. The fourth-order valence-corrected chi connectivity index (χ4v) is 2.85. The van der Waals surface area contributed by atoms with Crippen LogP contribution in [-0.4, -0.2) is 19.2 Å². The molecule has 1 N–H and O–H groups in total. The molecule has 1 amide bonds. The van der Waals surface area contributed by atoms with Gasteiger partial charge < -0.3 is 9.47 Å². The van der Waals surface area contributed by atoms with Crippen molar-refractivity contribution in [1.29, 1.82) is 0 Å². The van der Waals surface area contributed by atoms with E-state index in [-0.39, 0.29) is 5.91 Å². The number of amides is 1. The molecule has 0 aliphatic heterocycles. The first-order chi connectivity index (χ1) is 13.7. The van der Waals surface area contributed by atoms with Crippen molar-refractivity contribution in [2.45, 2.75) is 6.61 Å². The molecule has 0 aliphatic rings. The zero-order valence-electron chi connectivity index (χ0n) is 15.3. The zero-order valence-corrected chi connectivity index (χ0v) is 16.8. The van der Waals surface area contributed by atoms with Crippen LogP contribution in [0.25, 0.3) is 0 Å². The van der Waals surface area contributed by atoms with E-state index in [9.17, 15) is 4.79 Å². The monoisotopic (exact) mass is 438 g/mol. The van der Waals surface area contributed by atoms with Gasteiger partial charge >= 0.3 is 0 Å². The summed E-state index contributed by atoms with van der Waals surface area (Å²) in [5.74, 6) is 0.850. The molecule has 142 valence electrons. The summed E-state index contributed by atoms with van der Waals surface area (Å²) in [6.07, 6.45) is 1.56. The van der Waals surface area contributed by atoms with Crippen LogP contribution in [-0.2, 0) is 6.61 Å². The minimum Gasteiger partial charge on any atom is -0.497 e. The van der Waals surface area contributed by atoms with Gasteiger partial charge in [-0.3, -0.25) is 4.79 Å². The number of methoxy groups -OCH3 is 1. The fourth-order valence-electron chi connectivity index (χ4n) is 2.49. The van der Waals surface area contributed by atoms with Crippen LogP contribution in [0.15, 0.2) is 82.4 Å². The molecule has 0 fully saturated rings. The molecule has 0 radical (unpaired) electrons. The van der Waals surface area contributed by atoms with Crippen molar-refractivity contribution < 1.29 is 14.3 Å². The van der Waals surface area contributed by atoms with Crippen LogP contribution in [0.4, 0.5) is 0 Å². The smallest absolute Gasteiger partial charge is 0.275 e. The van der Waals surface area contributed by atoms with Gasteiger partial charge in [0.05, 0.1) is 18.9 Å². The molecule has 0 heterocycles.